The molecule has 0 atom stereocenters. The monoisotopic (exact) mass is 237 g/mol. The molecule has 94 valence electrons. The van der Waals surface area contributed by atoms with Crippen molar-refractivity contribution in [3.05, 3.63) is 23.8 Å². The van der Waals surface area contributed by atoms with Gasteiger partial charge in [-0.25, -0.2) is 0 Å². The van der Waals surface area contributed by atoms with Crippen molar-refractivity contribution in [3.8, 4) is 0 Å². The van der Waals surface area contributed by atoms with Crippen LogP contribution in [-0.2, 0) is 0 Å². The zero-order chi connectivity index (χ0) is 13.2. The summed E-state index contributed by atoms with van der Waals surface area (Å²) in [7, 11) is 1.80. The number of nitrogens with zero attached hydrogens (tertiary/aromatic N) is 1. The number of aliphatic hydroxyl groups is 1. The minimum Gasteiger partial charge on any atom is -0.397 e. The van der Waals surface area contributed by atoms with Gasteiger partial charge in [-0.1, -0.05) is 0 Å². The Kier molecular flexibility index (Phi) is 3.63. The average molecular weight is 237 g/mol. The number of benzene rings is 1. The Balaban J connectivity index is 3.04. The number of hydrogen-bond acceptors (Lipinski definition) is 4. The van der Waals surface area contributed by atoms with E-state index >= 15 is 0 Å². The van der Waals surface area contributed by atoms with E-state index in [-0.39, 0.29) is 0 Å². The molecule has 0 spiro atoms. The van der Waals surface area contributed by atoms with E-state index in [0.29, 0.717) is 23.5 Å². The van der Waals surface area contributed by atoms with E-state index in [4.69, 9.17) is 11.5 Å². The highest BCUT2D eigenvalue weighted by Gasteiger charge is 2.18. The summed E-state index contributed by atoms with van der Waals surface area (Å²) in [5.74, 6) is -0.497. The molecule has 0 aliphatic heterocycles. The van der Waals surface area contributed by atoms with Crippen LogP contribution >= 0.6 is 0 Å². The molecule has 0 bridgehead atoms. The standard InChI is InChI=1S/C12H19N3O2/c1-12(2,17)7-15(3)10-6-8(11(14)16)4-5-9(10)13/h4-6,17H,7,13H2,1-3H3,(H2,14,16). The summed E-state index contributed by atoms with van der Waals surface area (Å²) in [5.41, 5.74) is 11.8. The van der Waals surface area contributed by atoms with Crippen LogP contribution < -0.4 is 16.4 Å². The number of primary amides is 1. The Bertz CT molecular complexity index is 424. The lowest BCUT2D eigenvalue weighted by Gasteiger charge is -2.28. The summed E-state index contributed by atoms with van der Waals surface area (Å²) in [5, 5.41) is 9.74. The highest BCUT2D eigenvalue weighted by molar-refractivity contribution is 5.95. The smallest absolute Gasteiger partial charge is 0.248 e. The van der Waals surface area contributed by atoms with Crippen molar-refractivity contribution in [1.82, 2.24) is 0 Å². The molecule has 1 aromatic carbocycles. The van der Waals surface area contributed by atoms with Gasteiger partial charge in [0, 0.05) is 19.2 Å². The van der Waals surface area contributed by atoms with E-state index in [1.807, 2.05) is 0 Å². The molecular formula is C12H19N3O2. The van der Waals surface area contributed by atoms with Gasteiger partial charge in [-0.15, -0.1) is 0 Å². The van der Waals surface area contributed by atoms with Gasteiger partial charge in [0.1, 0.15) is 0 Å². The second kappa shape index (κ2) is 4.63. The Morgan fingerprint density at radius 1 is 1.47 bits per heavy atom. The fraction of sp³-hybridized carbons (Fsp3) is 0.417. The molecule has 0 radical (unpaired) electrons. The molecule has 1 aromatic rings. The Hall–Kier alpha value is -1.75. The second-order valence-electron chi connectivity index (χ2n) is 4.81. The number of nitrogen functional groups attached to an aromatic ring is 1. The lowest BCUT2D eigenvalue weighted by atomic mass is 10.1. The van der Waals surface area contributed by atoms with Gasteiger partial charge in [-0.2, -0.15) is 0 Å². The summed E-state index contributed by atoms with van der Waals surface area (Å²) in [6.45, 7) is 3.81. The molecule has 1 amide bonds. The van der Waals surface area contributed by atoms with Crippen LogP contribution in [-0.4, -0.2) is 30.2 Å². The zero-order valence-electron chi connectivity index (χ0n) is 10.4. The van der Waals surface area contributed by atoms with Crippen LogP contribution in [0.25, 0.3) is 0 Å². The third-order valence-electron chi connectivity index (χ3n) is 2.35. The average Bonchev–Trinajstić information content (AvgIpc) is 2.14. The molecule has 0 aliphatic carbocycles. The van der Waals surface area contributed by atoms with E-state index in [9.17, 15) is 9.90 Å². The van der Waals surface area contributed by atoms with Crippen LogP contribution in [0.2, 0.25) is 0 Å². The number of nitrogens with two attached hydrogens (primary N) is 2. The normalized spacial score (nSPS) is 11.3. The largest absolute Gasteiger partial charge is 0.397 e. The summed E-state index contributed by atoms with van der Waals surface area (Å²) < 4.78 is 0. The van der Waals surface area contributed by atoms with Gasteiger partial charge in [0.05, 0.1) is 17.0 Å². The van der Waals surface area contributed by atoms with Gasteiger partial charge in [-0.3, -0.25) is 4.79 Å². The third kappa shape index (κ3) is 3.64. The molecular weight excluding hydrogens is 218 g/mol. The fourth-order valence-corrected chi connectivity index (χ4v) is 1.69. The minimum atomic E-state index is -0.843. The molecule has 17 heavy (non-hydrogen) atoms. The Morgan fingerprint density at radius 3 is 2.53 bits per heavy atom. The first-order chi connectivity index (χ1) is 7.70. The van der Waals surface area contributed by atoms with Crippen LogP contribution in [0.15, 0.2) is 18.2 Å². The number of anilines is 2. The molecule has 5 N–H and O–H groups in total. The number of carbonyl (C=O) groups excluding carboxylic acids is 1. The van der Waals surface area contributed by atoms with Gasteiger partial charge in [0.2, 0.25) is 5.91 Å². The second-order valence-corrected chi connectivity index (χ2v) is 4.81. The van der Waals surface area contributed by atoms with Crippen molar-refractivity contribution in [2.45, 2.75) is 19.4 Å². The zero-order valence-corrected chi connectivity index (χ0v) is 10.4. The predicted molar refractivity (Wildman–Crippen MR) is 68.9 cm³/mol. The minimum absolute atomic E-state index is 0.400. The van der Waals surface area contributed by atoms with Crippen molar-refractivity contribution < 1.29 is 9.90 Å². The summed E-state index contributed by atoms with van der Waals surface area (Å²) in [6.07, 6.45) is 0. The highest BCUT2D eigenvalue weighted by Crippen LogP contribution is 2.24. The molecule has 1 rings (SSSR count). The molecule has 0 aromatic heterocycles. The van der Waals surface area contributed by atoms with Gasteiger partial charge in [-0.05, 0) is 32.0 Å². The molecule has 5 heteroatoms. The summed E-state index contributed by atoms with van der Waals surface area (Å²) >= 11 is 0. The summed E-state index contributed by atoms with van der Waals surface area (Å²) in [6, 6.07) is 4.85. The number of likely N-dealkylation sites (N-methyl/N-ethyl adjacent to an activating group) is 1. The SMILES string of the molecule is CN(CC(C)(C)O)c1cc(C(N)=O)ccc1N. The van der Waals surface area contributed by atoms with E-state index in [1.54, 1.807) is 44.0 Å². The van der Waals surface area contributed by atoms with Crippen LogP contribution in [0.3, 0.4) is 0 Å². The number of amides is 1. The van der Waals surface area contributed by atoms with Gasteiger partial charge < -0.3 is 21.5 Å². The highest BCUT2D eigenvalue weighted by atomic mass is 16.3. The van der Waals surface area contributed by atoms with Gasteiger partial charge in [0.25, 0.3) is 0 Å². The maximum Gasteiger partial charge on any atom is 0.248 e. The van der Waals surface area contributed by atoms with E-state index in [0.717, 1.165) is 0 Å². The van der Waals surface area contributed by atoms with Crippen molar-refractivity contribution in [3.63, 3.8) is 0 Å². The van der Waals surface area contributed by atoms with Crippen molar-refractivity contribution in [2.24, 2.45) is 5.73 Å². The third-order valence-corrected chi connectivity index (χ3v) is 2.35. The lowest BCUT2D eigenvalue weighted by Crippen LogP contribution is -2.36. The summed E-state index contributed by atoms with van der Waals surface area (Å²) in [4.78, 5) is 12.9. The maximum atomic E-state index is 11.1. The fourth-order valence-electron chi connectivity index (χ4n) is 1.69. The van der Waals surface area contributed by atoms with Gasteiger partial charge >= 0.3 is 0 Å². The molecule has 0 saturated heterocycles. The van der Waals surface area contributed by atoms with E-state index in [1.165, 1.54) is 0 Å². The van der Waals surface area contributed by atoms with Crippen LogP contribution in [0.5, 0.6) is 0 Å². The Morgan fingerprint density at radius 2 is 2.06 bits per heavy atom. The van der Waals surface area contributed by atoms with Crippen molar-refractivity contribution in [1.29, 1.82) is 0 Å². The quantitative estimate of drug-likeness (QED) is 0.668. The lowest BCUT2D eigenvalue weighted by molar-refractivity contribution is 0.0886. The van der Waals surface area contributed by atoms with E-state index < -0.39 is 11.5 Å². The van der Waals surface area contributed by atoms with Crippen LogP contribution in [0.1, 0.15) is 24.2 Å². The first-order valence-corrected chi connectivity index (χ1v) is 5.33. The van der Waals surface area contributed by atoms with Gasteiger partial charge in [0.15, 0.2) is 0 Å². The first kappa shape index (κ1) is 13.3. The van der Waals surface area contributed by atoms with Crippen LogP contribution in [0, 0.1) is 0 Å². The molecule has 0 fully saturated rings. The first-order valence-electron chi connectivity index (χ1n) is 5.33. The Labute approximate surface area is 101 Å². The topological polar surface area (TPSA) is 92.6 Å². The molecule has 0 aliphatic rings. The van der Waals surface area contributed by atoms with Crippen molar-refractivity contribution in [2.75, 3.05) is 24.2 Å². The van der Waals surface area contributed by atoms with E-state index in [2.05, 4.69) is 0 Å². The van der Waals surface area contributed by atoms with Crippen molar-refractivity contribution >= 4 is 17.3 Å². The molecule has 0 unspecified atom stereocenters. The molecule has 5 nitrogen and oxygen atoms in total. The maximum absolute atomic E-state index is 11.1. The number of rotatable bonds is 4. The predicted octanol–water partition coefficient (Wildman–Crippen LogP) is 0.575. The molecule has 0 saturated carbocycles. The molecule has 0 heterocycles. The number of carbonyl (C=O) groups is 1. The van der Waals surface area contributed by atoms with Crippen LogP contribution in [0.4, 0.5) is 11.4 Å². The number of hydrogen-bond donors (Lipinski definition) is 3.